The molecule has 0 aliphatic carbocycles. The van der Waals surface area contributed by atoms with Crippen molar-refractivity contribution in [3.63, 3.8) is 0 Å². The Labute approximate surface area is 112 Å². The van der Waals surface area contributed by atoms with E-state index in [9.17, 15) is 5.11 Å². The van der Waals surface area contributed by atoms with E-state index in [0.717, 1.165) is 39.1 Å². The number of hydrogen-bond acceptors (Lipinski definition) is 4. The molecule has 1 fully saturated rings. The molecule has 4 nitrogen and oxygen atoms in total. The molecule has 1 aliphatic rings. The number of ether oxygens (including phenoxy) is 1. The Morgan fingerprint density at radius 2 is 2.11 bits per heavy atom. The van der Waals surface area contributed by atoms with Crippen LogP contribution in [0, 0.1) is 5.41 Å². The second kappa shape index (κ2) is 7.43. The minimum atomic E-state index is -0.0468. The van der Waals surface area contributed by atoms with Gasteiger partial charge in [-0.1, -0.05) is 6.92 Å². The molecule has 1 rings (SSSR count). The normalized spacial score (nSPS) is 26.8. The second-order valence-corrected chi connectivity index (χ2v) is 5.99. The largest absolute Gasteiger partial charge is 0.396 e. The van der Waals surface area contributed by atoms with Crippen LogP contribution in [-0.4, -0.2) is 74.5 Å². The van der Waals surface area contributed by atoms with E-state index in [2.05, 4.69) is 37.7 Å². The zero-order valence-corrected chi connectivity index (χ0v) is 12.5. The minimum Gasteiger partial charge on any atom is -0.396 e. The first kappa shape index (κ1) is 15.9. The first-order valence-electron chi connectivity index (χ1n) is 7.10. The lowest BCUT2D eigenvalue weighted by molar-refractivity contribution is -0.0603. The molecule has 0 radical (unpaired) electrons. The maximum absolute atomic E-state index is 9.73. The number of likely N-dealkylation sites (N-methyl/N-ethyl adjacent to an activating group) is 2. The second-order valence-electron chi connectivity index (χ2n) is 5.99. The topological polar surface area (TPSA) is 35.9 Å². The van der Waals surface area contributed by atoms with Gasteiger partial charge in [0.1, 0.15) is 0 Å². The predicted molar refractivity (Wildman–Crippen MR) is 74.8 cm³/mol. The summed E-state index contributed by atoms with van der Waals surface area (Å²) in [5.41, 5.74) is -0.0468. The van der Waals surface area contributed by atoms with Crippen LogP contribution in [0.5, 0.6) is 0 Å². The quantitative estimate of drug-likeness (QED) is 0.740. The first-order valence-corrected chi connectivity index (χ1v) is 7.10. The van der Waals surface area contributed by atoms with E-state index in [-0.39, 0.29) is 12.0 Å². The van der Waals surface area contributed by atoms with E-state index in [1.165, 1.54) is 0 Å². The third-order valence-corrected chi connectivity index (χ3v) is 3.94. The van der Waals surface area contributed by atoms with Crippen LogP contribution in [0.2, 0.25) is 0 Å². The summed E-state index contributed by atoms with van der Waals surface area (Å²) >= 11 is 0. The van der Waals surface area contributed by atoms with Crippen molar-refractivity contribution >= 4 is 0 Å². The third-order valence-electron chi connectivity index (χ3n) is 3.94. The molecule has 18 heavy (non-hydrogen) atoms. The van der Waals surface area contributed by atoms with Gasteiger partial charge in [0.15, 0.2) is 0 Å². The van der Waals surface area contributed by atoms with E-state index in [0.29, 0.717) is 12.6 Å². The molecule has 1 aliphatic heterocycles. The standard InChI is InChI=1S/C14H30N2O2/c1-5-16(13(2)9-15(3)4)10-14(11-17)7-6-8-18-12-14/h13,17H,5-12H2,1-4H3. The molecule has 1 heterocycles. The molecule has 0 spiro atoms. The number of hydrogen-bond donors (Lipinski definition) is 1. The number of rotatable bonds is 7. The van der Waals surface area contributed by atoms with Crippen LogP contribution in [0.1, 0.15) is 26.7 Å². The lowest BCUT2D eigenvalue weighted by Crippen LogP contribution is -2.50. The Balaban J connectivity index is 2.59. The molecule has 0 aromatic rings. The summed E-state index contributed by atoms with van der Waals surface area (Å²) in [5.74, 6) is 0. The highest BCUT2D eigenvalue weighted by atomic mass is 16.5. The van der Waals surface area contributed by atoms with Crippen LogP contribution in [0.15, 0.2) is 0 Å². The molecule has 0 aromatic carbocycles. The summed E-state index contributed by atoms with van der Waals surface area (Å²) in [6, 6.07) is 0.510. The summed E-state index contributed by atoms with van der Waals surface area (Å²) < 4.78 is 5.59. The summed E-state index contributed by atoms with van der Waals surface area (Å²) in [7, 11) is 4.21. The fourth-order valence-electron chi connectivity index (χ4n) is 2.86. The highest BCUT2D eigenvalue weighted by Gasteiger charge is 2.35. The van der Waals surface area contributed by atoms with Crippen molar-refractivity contribution in [1.29, 1.82) is 0 Å². The number of nitrogens with zero attached hydrogens (tertiary/aromatic N) is 2. The van der Waals surface area contributed by atoms with Gasteiger partial charge in [-0.2, -0.15) is 0 Å². The molecule has 0 amide bonds. The van der Waals surface area contributed by atoms with E-state index < -0.39 is 0 Å². The van der Waals surface area contributed by atoms with Gasteiger partial charge >= 0.3 is 0 Å². The average Bonchev–Trinajstić information content (AvgIpc) is 2.36. The maximum atomic E-state index is 9.73. The highest BCUT2D eigenvalue weighted by molar-refractivity contribution is 4.86. The van der Waals surface area contributed by atoms with Crippen LogP contribution in [0.4, 0.5) is 0 Å². The smallest absolute Gasteiger partial charge is 0.0556 e. The van der Waals surface area contributed by atoms with Crippen molar-refractivity contribution in [1.82, 2.24) is 9.80 Å². The zero-order valence-electron chi connectivity index (χ0n) is 12.5. The molecule has 2 unspecified atom stereocenters. The van der Waals surface area contributed by atoms with E-state index in [4.69, 9.17) is 4.74 Å². The zero-order chi connectivity index (χ0) is 13.6. The monoisotopic (exact) mass is 258 g/mol. The van der Waals surface area contributed by atoms with Crippen molar-refractivity contribution in [3.8, 4) is 0 Å². The maximum Gasteiger partial charge on any atom is 0.0556 e. The fraction of sp³-hybridized carbons (Fsp3) is 1.00. The van der Waals surface area contributed by atoms with Crippen molar-refractivity contribution < 1.29 is 9.84 Å². The van der Waals surface area contributed by atoms with Crippen LogP contribution in [-0.2, 0) is 4.74 Å². The molecular weight excluding hydrogens is 228 g/mol. The van der Waals surface area contributed by atoms with Gasteiger partial charge in [0.25, 0.3) is 0 Å². The molecule has 0 bridgehead atoms. The van der Waals surface area contributed by atoms with Gasteiger partial charge in [-0.25, -0.2) is 0 Å². The van der Waals surface area contributed by atoms with Gasteiger partial charge in [-0.05, 0) is 40.4 Å². The lowest BCUT2D eigenvalue weighted by atomic mass is 9.82. The SMILES string of the molecule is CCN(CC1(CO)CCCOC1)C(C)CN(C)C. The van der Waals surface area contributed by atoms with Gasteiger partial charge in [-0.15, -0.1) is 0 Å². The average molecular weight is 258 g/mol. The van der Waals surface area contributed by atoms with Gasteiger partial charge in [0.2, 0.25) is 0 Å². The van der Waals surface area contributed by atoms with Crippen molar-refractivity contribution in [3.05, 3.63) is 0 Å². The van der Waals surface area contributed by atoms with E-state index in [1.54, 1.807) is 0 Å². The predicted octanol–water partition coefficient (Wildman–Crippen LogP) is 1.05. The Kier molecular flexibility index (Phi) is 6.57. The van der Waals surface area contributed by atoms with Crippen molar-refractivity contribution in [2.75, 3.05) is 53.6 Å². The molecule has 2 atom stereocenters. The minimum absolute atomic E-state index is 0.0468. The molecular formula is C14H30N2O2. The van der Waals surface area contributed by atoms with Crippen LogP contribution in [0.25, 0.3) is 0 Å². The van der Waals surface area contributed by atoms with Crippen LogP contribution < -0.4 is 0 Å². The lowest BCUT2D eigenvalue weighted by Gasteiger charge is -2.41. The Morgan fingerprint density at radius 3 is 2.56 bits per heavy atom. The van der Waals surface area contributed by atoms with Gasteiger partial charge in [0, 0.05) is 31.2 Å². The number of aliphatic hydroxyl groups is 1. The fourth-order valence-corrected chi connectivity index (χ4v) is 2.86. The molecule has 108 valence electrons. The van der Waals surface area contributed by atoms with Gasteiger partial charge in [-0.3, -0.25) is 4.90 Å². The highest BCUT2D eigenvalue weighted by Crippen LogP contribution is 2.29. The van der Waals surface area contributed by atoms with E-state index in [1.807, 2.05) is 0 Å². The van der Waals surface area contributed by atoms with Crippen LogP contribution in [0.3, 0.4) is 0 Å². The summed E-state index contributed by atoms with van der Waals surface area (Å²) in [4.78, 5) is 4.68. The van der Waals surface area contributed by atoms with Crippen molar-refractivity contribution in [2.24, 2.45) is 5.41 Å². The third kappa shape index (κ3) is 4.50. The van der Waals surface area contributed by atoms with Crippen LogP contribution >= 0.6 is 0 Å². The molecule has 0 aromatic heterocycles. The van der Waals surface area contributed by atoms with Gasteiger partial charge in [0.05, 0.1) is 13.2 Å². The van der Waals surface area contributed by atoms with Crippen molar-refractivity contribution in [2.45, 2.75) is 32.7 Å². The summed E-state index contributed by atoms with van der Waals surface area (Å²) in [6.07, 6.45) is 2.15. The molecule has 1 saturated heterocycles. The first-order chi connectivity index (χ1) is 8.53. The Hall–Kier alpha value is -0.160. The molecule has 1 N–H and O–H groups in total. The molecule has 4 heteroatoms. The summed E-state index contributed by atoms with van der Waals surface area (Å²) in [6.45, 7) is 9.26. The molecule has 0 saturated carbocycles. The van der Waals surface area contributed by atoms with E-state index >= 15 is 0 Å². The van der Waals surface area contributed by atoms with Gasteiger partial charge < -0.3 is 14.7 Å². The number of aliphatic hydroxyl groups excluding tert-OH is 1. The Morgan fingerprint density at radius 1 is 1.39 bits per heavy atom. The Bertz CT molecular complexity index is 228. The summed E-state index contributed by atoms with van der Waals surface area (Å²) in [5, 5.41) is 9.73.